The molecule has 2 aromatic heterocycles. The molecule has 7 nitrogen and oxygen atoms in total. The Hall–Kier alpha value is -3.06. The maximum absolute atomic E-state index is 13.8. The summed E-state index contributed by atoms with van der Waals surface area (Å²) in [5, 5.41) is 5.03. The molecule has 0 aliphatic carbocycles. The van der Waals surface area contributed by atoms with Crippen molar-refractivity contribution in [2.24, 2.45) is 11.8 Å². The first-order chi connectivity index (χ1) is 19.8. The zero-order valence-electron chi connectivity index (χ0n) is 26.1. The number of rotatable bonds is 14. The van der Waals surface area contributed by atoms with Crippen LogP contribution in [0.1, 0.15) is 82.1 Å². The molecule has 0 bridgehead atoms. The van der Waals surface area contributed by atoms with Crippen LogP contribution in [0.3, 0.4) is 0 Å². The summed E-state index contributed by atoms with van der Waals surface area (Å²) >= 11 is 0. The van der Waals surface area contributed by atoms with E-state index in [1.165, 1.54) is 37.9 Å². The third kappa shape index (κ3) is 8.03. The van der Waals surface area contributed by atoms with Gasteiger partial charge in [-0.05, 0) is 100 Å². The lowest BCUT2D eigenvalue weighted by molar-refractivity contribution is 0.0741. The average molecular weight is 563 g/mol. The Morgan fingerprint density at radius 2 is 1.61 bits per heavy atom. The summed E-state index contributed by atoms with van der Waals surface area (Å²) in [6.45, 7) is 13.9. The van der Waals surface area contributed by atoms with E-state index in [9.17, 15) is 4.79 Å². The zero-order chi connectivity index (χ0) is 29.4. The summed E-state index contributed by atoms with van der Waals surface area (Å²) in [6, 6.07) is 9.97. The van der Waals surface area contributed by atoms with Gasteiger partial charge in [-0.2, -0.15) is 5.10 Å². The van der Waals surface area contributed by atoms with Gasteiger partial charge in [-0.25, -0.2) is 4.52 Å². The molecule has 0 unspecified atom stereocenters. The third-order valence-corrected chi connectivity index (χ3v) is 8.23. The number of fused-ring (bicyclic) bond motifs is 1. The summed E-state index contributed by atoms with van der Waals surface area (Å²) < 4.78 is 13.0. The van der Waals surface area contributed by atoms with Gasteiger partial charge in [-0.1, -0.05) is 34.1 Å². The van der Waals surface area contributed by atoms with E-state index in [1.807, 2.05) is 39.9 Å². The van der Waals surface area contributed by atoms with Crippen LogP contribution in [-0.2, 0) is 6.42 Å². The number of carbonyl (C=O) groups excluding carboxylic acids is 1. The predicted octanol–water partition coefficient (Wildman–Crippen LogP) is 6.97. The molecule has 1 saturated heterocycles. The smallest absolute Gasteiger partial charge is 0.253 e. The number of aromatic nitrogens is 2. The molecule has 4 rings (SSSR count). The standard InChI is InChI=1S/C34H50N4O3/c1-25(2)14-20-37(21-15-26(3)4)34(39)28-16-22-38-30(23-28)29(11-10-19-36-17-8-7-9-18-36)33(35-38)27-12-13-31(40-5)32(24-27)41-6/h12-13,16,22-26H,7-11,14-15,17-21H2,1-6H3. The fraction of sp³-hybridized carbons (Fsp3) is 0.588. The van der Waals surface area contributed by atoms with E-state index in [-0.39, 0.29) is 5.91 Å². The van der Waals surface area contributed by atoms with Crippen LogP contribution in [0.25, 0.3) is 16.8 Å². The minimum Gasteiger partial charge on any atom is -0.493 e. The summed E-state index contributed by atoms with van der Waals surface area (Å²) in [5.74, 6) is 2.60. The van der Waals surface area contributed by atoms with E-state index in [0.29, 0.717) is 23.3 Å². The molecule has 1 aliphatic heterocycles. The fourth-order valence-electron chi connectivity index (χ4n) is 5.68. The number of nitrogens with zero attached hydrogens (tertiary/aromatic N) is 4. The summed E-state index contributed by atoms with van der Waals surface area (Å²) in [5.41, 5.74) is 4.85. The molecule has 0 spiro atoms. The Morgan fingerprint density at radius 1 is 0.927 bits per heavy atom. The number of piperidine rings is 1. The Labute approximate surface area is 246 Å². The average Bonchev–Trinajstić information content (AvgIpc) is 3.34. The summed E-state index contributed by atoms with van der Waals surface area (Å²) in [4.78, 5) is 18.5. The second kappa shape index (κ2) is 14.7. The highest BCUT2D eigenvalue weighted by Crippen LogP contribution is 2.35. The normalized spacial score (nSPS) is 14.2. The molecule has 0 saturated carbocycles. The van der Waals surface area contributed by atoms with Crippen LogP contribution in [0.4, 0.5) is 0 Å². The Morgan fingerprint density at radius 3 is 2.24 bits per heavy atom. The number of benzene rings is 1. The zero-order valence-corrected chi connectivity index (χ0v) is 26.1. The van der Waals surface area contributed by atoms with Gasteiger partial charge in [0, 0.05) is 36.0 Å². The Balaban J connectivity index is 1.69. The van der Waals surface area contributed by atoms with Crippen LogP contribution >= 0.6 is 0 Å². The topological polar surface area (TPSA) is 59.3 Å². The van der Waals surface area contributed by atoms with Crippen molar-refractivity contribution in [2.75, 3.05) is 46.9 Å². The monoisotopic (exact) mass is 562 g/mol. The van der Waals surface area contributed by atoms with Crippen molar-refractivity contribution in [3.63, 3.8) is 0 Å². The van der Waals surface area contributed by atoms with Crippen LogP contribution in [-0.4, -0.2) is 72.3 Å². The lowest BCUT2D eigenvalue weighted by Crippen LogP contribution is -2.34. The summed E-state index contributed by atoms with van der Waals surface area (Å²) in [7, 11) is 3.31. The first-order valence-electron chi connectivity index (χ1n) is 15.6. The molecule has 3 aromatic rings. The Bertz CT molecular complexity index is 1260. The van der Waals surface area contributed by atoms with Crippen molar-refractivity contribution < 1.29 is 14.3 Å². The van der Waals surface area contributed by atoms with Crippen molar-refractivity contribution in [3.8, 4) is 22.8 Å². The van der Waals surface area contributed by atoms with Gasteiger partial charge >= 0.3 is 0 Å². The van der Waals surface area contributed by atoms with Gasteiger partial charge in [0.2, 0.25) is 0 Å². The van der Waals surface area contributed by atoms with Gasteiger partial charge in [0.1, 0.15) is 0 Å². The molecule has 7 heteroatoms. The number of aryl methyl sites for hydroxylation is 1. The molecule has 1 aliphatic rings. The number of methoxy groups -OCH3 is 2. The highest BCUT2D eigenvalue weighted by Gasteiger charge is 2.21. The van der Waals surface area contributed by atoms with Crippen LogP contribution < -0.4 is 9.47 Å². The fourth-order valence-corrected chi connectivity index (χ4v) is 5.68. The van der Waals surface area contributed by atoms with Gasteiger partial charge in [0.15, 0.2) is 11.5 Å². The first kappa shape index (κ1) is 30.9. The maximum Gasteiger partial charge on any atom is 0.253 e. The molecule has 1 amide bonds. The minimum atomic E-state index is 0.113. The molecule has 0 N–H and O–H groups in total. The van der Waals surface area contributed by atoms with E-state index in [0.717, 1.165) is 67.7 Å². The van der Waals surface area contributed by atoms with E-state index < -0.39 is 0 Å². The Kier molecular flexibility index (Phi) is 11.1. The van der Waals surface area contributed by atoms with Crippen LogP contribution in [0, 0.1) is 11.8 Å². The number of likely N-dealkylation sites (tertiary alicyclic amines) is 1. The van der Waals surface area contributed by atoms with Gasteiger partial charge in [0.25, 0.3) is 5.91 Å². The van der Waals surface area contributed by atoms with Crippen molar-refractivity contribution in [1.29, 1.82) is 0 Å². The van der Waals surface area contributed by atoms with E-state index in [4.69, 9.17) is 14.6 Å². The van der Waals surface area contributed by atoms with Crippen molar-refractivity contribution in [3.05, 3.63) is 47.7 Å². The van der Waals surface area contributed by atoms with Crippen LogP contribution in [0.15, 0.2) is 36.5 Å². The number of pyridine rings is 1. The van der Waals surface area contributed by atoms with Crippen LogP contribution in [0.2, 0.25) is 0 Å². The van der Waals surface area contributed by atoms with E-state index >= 15 is 0 Å². The SMILES string of the molecule is COc1ccc(-c2nn3ccc(C(=O)N(CCC(C)C)CCC(C)C)cc3c2CCCN2CCCCC2)cc1OC. The van der Waals surface area contributed by atoms with E-state index in [1.54, 1.807) is 14.2 Å². The largest absolute Gasteiger partial charge is 0.493 e. The first-order valence-corrected chi connectivity index (χ1v) is 15.6. The van der Waals surface area contributed by atoms with Crippen LogP contribution in [0.5, 0.6) is 11.5 Å². The van der Waals surface area contributed by atoms with Gasteiger partial charge in [-0.3, -0.25) is 4.79 Å². The molecule has 1 fully saturated rings. The van der Waals surface area contributed by atoms with Gasteiger partial charge < -0.3 is 19.3 Å². The molecule has 1 aromatic carbocycles. The van der Waals surface area contributed by atoms with Crippen molar-refractivity contribution >= 4 is 11.4 Å². The number of hydrogen-bond donors (Lipinski definition) is 0. The third-order valence-electron chi connectivity index (χ3n) is 8.23. The number of ether oxygens (including phenoxy) is 2. The molecule has 0 atom stereocenters. The van der Waals surface area contributed by atoms with Crippen molar-refractivity contribution in [2.45, 2.75) is 72.6 Å². The maximum atomic E-state index is 13.8. The predicted molar refractivity (Wildman–Crippen MR) is 167 cm³/mol. The van der Waals surface area contributed by atoms with Crippen molar-refractivity contribution in [1.82, 2.24) is 19.4 Å². The molecule has 0 radical (unpaired) electrons. The minimum absolute atomic E-state index is 0.113. The lowest BCUT2D eigenvalue weighted by atomic mass is 10.0. The second-order valence-corrected chi connectivity index (χ2v) is 12.3. The summed E-state index contributed by atoms with van der Waals surface area (Å²) in [6.07, 6.45) is 9.83. The highest BCUT2D eigenvalue weighted by atomic mass is 16.5. The highest BCUT2D eigenvalue weighted by molar-refractivity contribution is 5.95. The molecule has 224 valence electrons. The quantitative estimate of drug-likeness (QED) is 0.212. The van der Waals surface area contributed by atoms with Gasteiger partial charge in [-0.15, -0.1) is 0 Å². The number of amides is 1. The van der Waals surface area contributed by atoms with Gasteiger partial charge in [0.05, 0.1) is 25.4 Å². The molecular weight excluding hydrogens is 512 g/mol. The molecule has 3 heterocycles. The number of hydrogen-bond acceptors (Lipinski definition) is 5. The molecular formula is C34H50N4O3. The second-order valence-electron chi connectivity index (χ2n) is 12.3. The lowest BCUT2D eigenvalue weighted by Gasteiger charge is -2.26. The van der Waals surface area contributed by atoms with E-state index in [2.05, 4.69) is 38.7 Å². The molecule has 41 heavy (non-hydrogen) atoms. The number of carbonyl (C=O) groups is 1.